The molecule has 0 saturated heterocycles. The zero-order chi connectivity index (χ0) is 12.8. The summed E-state index contributed by atoms with van der Waals surface area (Å²) in [5.74, 6) is 1.51. The molecule has 2 rings (SSSR count). The molecule has 4 heteroatoms. The first kappa shape index (κ1) is 12.7. The van der Waals surface area contributed by atoms with Gasteiger partial charge < -0.3 is 15.8 Å². The van der Waals surface area contributed by atoms with Crippen LogP contribution in [0.4, 0.5) is 5.69 Å². The summed E-state index contributed by atoms with van der Waals surface area (Å²) in [6, 6.07) is 7.18. The fourth-order valence-electron chi connectivity index (χ4n) is 1.87. The van der Waals surface area contributed by atoms with Crippen molar-refractivity contribution < 1.29 is 9.53 Å². The molecule has 1 aliphatic rings. The molecule has 18 heavy (non-hydrogen) atoms. The maximum absolute atomic E-state index is 11.5. The number of hydrogen-bond donors (Lipinski definition) is 2. The van der Waals surface area contributed by atoms with Crippen LogP contribution in [0.1, 0.15) is 25.7 Å². The Bertz CT molecular complexity index is 385. The number of hydrogen-bond acceptors (Lipinski definition) is 3. The van der Waals surface area contributed by atoms with Crippen molar-refractivity contribution >= 4 is 11.6 Å². The molecule has 1 aromatic carbocycles. The molecule has 1 aliphatic carbocycles. The van der Waals surface area contributed by atoms with Gasteiger partial charge in [0.05, 0.1) is 13.0 Å². The van der Waals surface area contributed by atoms with E-state index in [2.05, 4.69) is 5.32 Å². The number of ether oxygens (including phenoxy) is 1. The molecule has 0 spiro atoms. The van der Waals surface area contributed by atoms with Crippen LogP contribution in [0.3, 0.4) is 0 Å². The quantitative estimate of drug-likeness (QED) is 0.756. The Morgan fingerprint density at radius 1 is 1.33 bits per heavy atom. The van der Waals surface area contributed by atoms with Crippen LogP contribution in [0.15, 0.2) is 24.3 Å². The molecule has 0 aliphatic heterocycles. The third kappa shape index (κ3) is 3.95. The molecule has 1 fully saturated rings. The molecule has 1 saturated carbocycles. The van der Waals surface area contributed by atoms with Crippen LogP contribution < -0.4 is 15.8 Å². The number of nitrogen functional groups attached to an aromatic ring is 1. The first-order valence-electron chi connectivity index (χ1n) is 6.49. The van der Waals surface area contributed by atoms with E-state index in [-0.39, 0.29) is 5.91 Å². The Hall–Kier alpha value is -1.71. The third-order valence-electron chi connectivity index (χ3n) is 3.29. The number of anilines is 1. The lowest BCUT2D eigenvalue weighted by molar-refractivity contribution is -0.121. The molecule has 4 nitrogen and oxygen atoms in total. The Morgan fingerprint density at radius 3 is 2.67 bits per heavy atom. The second-order valence-corrected chi connectivity index (χ2v) is 4.77. The molecule has 0 radical (unpaired) electrons. The number of carbonyl (C=O) groups is 1. The van der Waals surface area contributed by atoms with Crippen molar-refractivity contribution in [3.63, 3.8) is 0 Å². The predicted molar refractivity (Wildman–Crippen MR) is 71.3 cm³/mol. The van der Waals surface area contributed by atoms with Crippen LogP contribution in [0.25, 0.3) is 0 Å². The molecule has 0 heterocycles. The van der Waals surface area contributed by atoms with Gasteiger partial charge in [-0.1, -0.05) is 6.42 Å². The van der Waals surface area contributed by atoms with E-state index in [0.29, 0.717) is 24.6 Å². The highest BCUT2D eigenvalue weighted by Gasteiger charge is 2.17. The number of nitrogens with one attached hydrogen (secondary N) is 1. The van der Waals surface area contributed by atoms with Crippen LogP contribution in [-0.2, 0) is 4.79 Å². The number of nitrogens with two attached hydrogens (primary N) is 1. The van der Waals surface area contributed by atoms with Gasteiger partial charge in [0.15, 0.2) is 0 Å². The van der Waals surface area contributed by atoms with E-state index in [1.165, 1.54) is 19.3 Å². The Labute approximate surface area is 108 Å². The van der Waals surface area contributed by atoms with Crippen LogP contribution in [0.2, 0.25) is 0 Å². The topological polar surface area (TPSA) is 64.3 Å². The molecular formula is C14H20N2O2. The summed E-state index contributed by atoms with van der Waals surface area (Å²) in [6.07, 6.45) is 4.21. The van der Waals surface area contributed by atoms with Crippen LogP contribution in [0, 0.1) is 5.92 Å². The second kappa shape index (κ2) is 6.28. The Kier molecular flexibility index (Phi) is 4.45. The van der Waals surface area contributed by atoms with Crippen molar-refractivity contribution in [3.05, 3.63) is 24.3 Å². The summed E-state index contributed by atoms with van der Waals surface area (Å²) < 4.78 is 5.46. The molecule has 0 bridgehead atoms. The van der Waals surface area contributed by atoms with Gasteiger partial charge in [-0.15, -0.1) is 0 Å². The molecule has 98 valence electrons. The summed E-state index contributed by atoms with van der Waals surface area (Å²) in [7, 11) is 0. The zero-order valence-corrected chi connectivity index (χ0v) is 10.5. The SMILES string of the molecule is Nc1ccc(OCCC(=O)NCC2CCC2)cc1. The molecule has 1 amide bonds. The van der Waals surface area contributed by atoms with Crippen molar-refractivity contribution in [1.29, 1.82) is 0 Å². The van der Waals surface area contributed by atoms with Gasteiger partial charge in [0.1, 0.15) is 5.75 Å². The maximum atomic E-state index is 11.5. The lowest BCUT2D eigenvalue weighted by Gasteiger charge is -2.25. The number of amides is 1. The monoisotopic (exact) mass is 248 g/mol. The van der Waals surface area contributed by atoms with Crippen molar-refractivity contribution in [2.75, 3.05) is 18.9 Å². The lowest BCUT2D eigenvalue weighted by Crippen LogP contribution is -2.32. The summed E-state index contributed by atoms with van der Waals surface area (Å²) in [5.41, 5.74) is 6.28. The van der Waals surface area contributed by atoms with E-state index in [1.807, 2.05) is 12.1 Å². The van der Waals surface area contributed by atoms with Gasteiger partial charge in [0, 0.05) is 12.2 Å². The van der Waals surface area contributed by atoms with Crippen LogP contribution in [0.5, 0.6) is 5.75 Å². The van der Waals surface area contributed by atoms with E-state index < -0.39 is 0 Å². The van der Waals surface area contributed by atoms with Crippen molar-refractivity contribution in [1.82, 2.24) is 5.32 Å². The first-order valence-corrected chi connectivity index (χ1v) is 6.49. The van der Waals surface area contributed by atoms with Gasteiger partial charge in [0.25, 0.3) is 0 Å². The Balaban J connectivity index is 1.59. The normalized spacial score (nSPS) is 14.9. The van der Waals surface area contributed by atoms with Gasteiger partial charge in [0.2, 0.25) is 5.91 Å². The largest absolute Gasteiger partial charge is 0.493 e. The van der Waals surface area contributed by atoms with E-state index >= 15 is 0 Å². The van der Waals surface area contributed by atoms with Crippen LogP contribution in [-0.4, -0.2) is 19.1 Å². The van der Waals surface area contributed by atoms with Crippen LogP contribution >= 0.6 is 0 Å². The standard InChI is InChI=1S/C14H20N2O2/c15-12-4-6-13(7-5-12)18-9-8-14(17)16-10-11-2-1-3-11/h4-7,11H,1-3,8-10,15H2,(H,16,17). The highest BCUT2D eigenvalue weighted by molar-refractivity contribution is 5.75. The predicted octanol–water partition coefficient (Wildman–Crippen LogP) is 1.95. The summed E-state index contributed by atoms with van der Waals surface area (Å²) >= 11 is 0. The number of carbonyl (C=O) groups excluding carboxylic acids is 1. The molecule has 0 unspecified atom stereocenters. The van der Waals surface area contributed by atoms with Gasteiger partial charge in [-0.05, 0) is 43.0 Å². The molecule has 1 aromatic rings. The second-order valence-electron chi connectivity index (χ2n) is 4.77. The third-order valence-corrected chi connectivity index (χ3v) is 3.29. The van der Waals surface area contributed by atoms with E-state index in [1.54, 1.807) is 12.1 Å². The minimum Gasteiger partial charge on any atom is -0.493 e. The van der Waals surface area contributed by atoms with Gasteiger partial charge in [-0.25, -0.2) is 0 Å². The average molecular weight is 248 g/mol. The highest BCUT2D eigenvalue weighted by Crippen LogP contribution is 2.25. The van der Waals surface area contributed by atoms with Gasteiger partial charge >= 0.3 is 0 Å². The van der Waals surface area contributed by atoms with Crippen molar-refractivity contribution in [2.24, 2.45) is 5.92 Å². The fourth-order valence-corrected chi connectivity index (χ4v) is 1.87. The number of benzene rings is 1. The Morgan fingerprint density at radius 2 is 2.06 bits per heavy atom. The van der Waals surface area contributed by atoms with E-state index in [4.69, 9.17) is 10.5 Å². The fraction of sp³-hybridized carbons (Fsp3) is 0.500. The summed E-state index contributed by atoms with van der Waals surface area (Å²) in [5, 5.41) is 2.94. The minimum atomic E-state index is 0.0670. The summed E-state index contributed by atoms with van der Waals surface area (Å²) in [4.78, 5) is 11.5. The molecule has 3 N–H and O–H groups in total. The highest BCUT2D eigenvalue weighted by atomic mass is 16.5. The van der Waals surface area contributed by atoms with E-state index in [9.17, 15) is 4.79 Å². The summed E-state index contributed by atoms with van der Waals surface area (Å²) in [6.45, 7) is 1.22. The lowest BCUT2D eigenvalue weighted by atomic mass is 9.85. The smallest absolute Gasteiger partial charge is 0.223 e. The maximum Gasteiger partial charge on any atom is 0.223 e. The number of rotatable bonds is 6. The van der Waals surface area contributed by atoms with Crippen molar-refractivity contribution in [3.8, 4) is 5.75 Å². The van der Waals surface area contributed by atoms with Gasteiger partial charge in [-0.2, -0.15) is 0 Å². The zero-order valence-electron chi connectivity index (χ0n) is 10.5. The molecule has 0 atom stereocenters. The van der Waals surface area contributed by atoms with E-state index in [0.717, 1.165) is 12.3 Å². The van der Waals surface area contributed by atoms with Crippen molar-refractivity contribution in [2.45, 2.75) is 25.7 Å². The average Bonchev–Trinajstić information content (AvgIpc) is 2.30. The molecular weight excluding hydrogens is 228 g/mol. The van der Waals surface area contributed by atoms with Gasteiger partial charge in [-0.3, -0.25) is 4.79 Å². The molecule has 0 aromatic heterocycles. The minimum absolute atomic E-state index is 0.0670. The first-order chi connectivity index (χ1) is 8.74.